The number of hydrogen-bond donors (Lipinski definition) is 3. The molecule has 0 spiro atoms. The van der Waals surface area contributed by atoms with Gasteiger partial charge in [-0.3, -0.25) is 4.79 Å². The Labute approximate surface area is 206 Å². The van der Waals surface area contributed by atoms with Gasteiger partial charge in [-0.1, -0.05) is 85.6 Å². The van der Waals surface area contributed by atoms with Gasteiger partial charge in [-0.05, 0) is 47.6 Å². The van der Waals surface area contributed by atoms with E-state index >= 15 is 0 Å². The lowest BCUT2D eigenvalue weighted by molar-refractivity contribution is -0.127. The minimum atomic E-state index is -0.499. The van der Waals surface area contributed by atoms with E-state index in [2.05, 4.69) is 22.8 Å². The van der Waals surface area contributed by atoms with E-state index in [0.717, 1.165) is 42.4 Å². The average Bonchev–Trinajstić information content (AvgIpc) is 2.92. The first kappa shape index (κ1) is 24.5. The first-order chi connectivity index (χ1) is 17.1. The third-order valence-electron chi connectivity index (χ3n) is 6.60. The predicted molar refractivity (Wildman–Crippen MR) is 135 cm³/mol. The number of amides is 2. The second-order valence-corrected chi connectivity index (χ2v) is 8.95. The van der Waals surface area contributed by atoms with Crippen LogP contribution >= 0.6 is 0 Å². The summed E-state index contributed by atoms with van der Waals surface area (Å²) < 4.78 is 5.26. The van der Waals surface area contributed by atoms with Crippen molar-refractivity contribution in [3.63, 3.8) is 0 Å². The maximum absolute atomic E-state index is 13.2. The molecule has 0 saturated heterocycles. The summed E-state index contributed by atoms with van der Waals surface area (Å²) in [4.78, 5) is 25.3. The van der Waals surface area contributed by atoms with Crippen LogP contribution in [0.1, 0.15) is 54.3 Å². The van der Waals surface area contributed by atoms with Gasteiger partial charge in [0.1, 0.15) is 5.75 Å². The van der Waals surface area contributed by atoms with Crippen molar-refractivity contribution >= 4 is 12.0 Å². The van der Waals surface area contributed by atoms with Gasteiger partial charge in [0.25, 0.3) is 0 Å². The highest BCUT2D eigenvalue weighted by Crippen LogP contribution is 2.38. The van der Waals surface area contributed by atoms with E-state index in [0.29, 0.717) is 12.3 Å². The van der Waals surface area contributed by atoms with Gasteiger partial charge in [-0.25, -0.2) is 4.79 Å². The SMILES string of the molecule is O=C(NCc1ccc(C2CCCCC2C(=O)NC(CO)c2ccccc2)cc1)Oc1ccccc1. The predicted octanol–water partition coefficient (Wildman–Crippen LogP) is 5.10. The number of hydrogen-bond acceptors (Lipinski definition) is 4. The molecule has 0 aromatic heterocycles. The van der Waals surface area contributed by atoms with Gasteiger partial charge in [-0.15, -0.1) is 0 Å². The van der Waals surface area contributed by atoms with E-state index in [1.807, 2.05) is 60.7 Å². The molecule has 182 valence electrons. The molecule has 0 heterocycles. The summed E-state index contributed by atoms with van der Waals surface area (Å²) in [6, 6.07) is 26.2. The van der Waals surface area contributed by atoms with E-state index in [9.17, 15) is 14.7 Å². The maximum Gasteiger partial charge on any atom is 0.412 e. The molecular weight excluding hydrogens is 440 g/mol. The van der Waals surface area contributed by atoms with E-state index in [4.69, 9.17) is 4.74 Å². The summed E-state index contributed by atoms with van der Waals surface area (Å²) >= 11 is 0. The molecular formula is C29H32N2O4. The Morgan fingerprint density at radius 1 is 0.886 bits per heavy atom. The Morgan fingerprint density at radius 2 is 1.54 bits per heavy atom. The summed E-state index contributed by atoms with van der Waals surface area (Å²) in [6.07, 6.45) is 3.40. The van der Waals surface area contributed by atoms with Crippen molar-refractivity contribution in [2.24, 2.45) is 5.92 Å². The third kappa shape index (κ3) is 6.70. The van der Waals surface area contributed by atoms with E-state index in [-0.39, 0.29) is 24.3 Å². The molecule has 1 saturated carbocycles. The number of ether oxygens (including phenoxy) is 1. The van der Waals surface area contributed by atoms with Crippen LogP contribution in [0.3, 0.4) is 0 Å². The van der Waals surface area contributed by atoms with Crippen LogP contribution < -0.4 is 15.4 Å². The van der Waals surface area contributed by atoms with Crippen LogP contribution in [0.4, 0.5) is 4.79 Å². The number of para-hydroxylation sites is 1. The highest BCUT2D eigenvalue weighted by molar-refractivity contribution is 5.80. The van der Waals surface area contributed by atoms with Crippen molar-refractivity contribution < 1.29 is 19.4 Å². The summed E-state index contributed by atoms with van der Waals surface area (Å²) in [5, 5.41) is 15.7. The summed E-state index contributed by atoms with van der Waals surface area (Å²) in [7, 11) is 0. The van der Waals surface area contributed by atoms with Gasteiger partial charge < -0.3 is 20.5 Å². The number of benzene rings is 3. The van der Waals surface area contributed by atoms with Crippen molar-refractivity contribution in [2.75, 3.05) is 6.61 Å². The third-order valence-corrected chi connectivity index (χ3v) is 6.60. The summed E-state index contributed by atoms with van der Waals surface area (Å²) in [5.41, 5.74) is 2.99. The highest BCUT2D eigenvalue weighted by atomic mass is 16.6. The van der Waals surface area contributed by atoms with Gasteiger partial charge in [0.15, 0.2) is 0 Å². The van der Waals surface area contributed by atoms with E-state index in [1.165, 1.54) is 0 Å². The minimum Gasteiger partial charge on any atom is -0.410 e. The van der Waals surface area contributed by atoms with Gasteiger partial charge in [0, 0.05) is 12.5 Å². The molecule has 3 aromatic rings. The fourth-order valence-corrected chi connectivity index (χ4v) is 4.73. The van der Waals surface area contributed by atoms with E-state index < -0.39 is 12.1 Å². The molecule has 3 unspecified atom stereocenters. The lowest BCUT2D eigenvalue weighted by atomic mass is 9.74. The zero-order valence-electron chi connectivity index (χ0n) is 19.7. The second-order valence-electron chi connectivity index (χ2n) is 8.95. The zero-order valence-corrected chi connectivity index (χ0v) is 19.7. The Hall–Kier alpha value is -3.64. The van der Waals surface area contributed by atoms with Crippen molar-refractivity contribution in [2.45, 2.75) is 44.2 Å². The largest absolute Gasteiger partial charge is 0.412 e. The number of aliphatic hydroxyl groups excluding tert-OH is 1. The molecule has 6 nitrogen and oxygen atoms in total. The lowest BCUT2D eigenvalue weighted by Gasteiger charge is -2.32. The quantitative estimate of drug-likeness (QED) is 0.426. The molecule has 0 radical (unpaired) electrons. The molecule has 6 heteroatoms. The smallest absolute Gasteiger partial charge is 0.410 e. The monoisotopic (exact) mass is 472 g/mol. The van der Waals surface area contributed by atoms with Crippen LogP contribution in [0.15, 0.2) is 84.9 Å². The summed E-state index contributed by atoms with van der Waals surface area (Å²) in [5.74, 6) is 0.486. The molecule has 3 atom stereocenters. The van der Waals surface area contributed by atoms with E-state index in [1.54, 1.807) is 12.1 Å². The summed E-state index contributed by atoms with van der Waals surface area (Å²) in [6.45, 7) is 0.220. The number of aliphatic hydroxyl groups is 1. The minimum absolute atomic E-state index is 0.00740. The molecule has 3 N–H and O–H groups in total. The van der Waals surface area contributed by atoms with Crippen LogP contribution in [0.2, 0.25) is 0 Å². The molecule has 1 aliphatic rings. The fraction of sp³-hybridized carbons (Fsp3) is 0.310. The Bertz CT molecular complexity index is 1090. The number of rotatable bonds is 8. The normalized spacial score (nSPS) is 18.3. The molecule has 0 bridgehead atoms. The molecule has 2 amide bonds. The van der Waals surface area contributed by atoms with Crippen LogP contribution in [-0.4, -0.2) is 23.7 Å². The van der Waals surface area contributed by atoms with Gasteiger partial charge >= 0.3 is 6.09 Å². The average molecular weight is 473 g/mol. The van der Waals surface area contributed by atoms with Gasteiger partial charge in [-0.2, -0.15) is 0 Å². The lowest BCUT2D eigenvalue weighted by Crippen LogP contribution is -2.39. The Morgan fingerprint density at radius 3 is 2.23 bits per heavy atom. The number of carbonyl (C=O) groups is 2. The standard InChI is InChI=1S/C29H32N2O4/c32-20-27(23-9-3-1-4-10-23)31-28(33)26-14-8-7-13-25(26)22-17-15-21(16-18-22)19-30-29(34)35-24-11-5-2-6-12-24/h1-6,9-12,15-18,25-27,32H,7-8,13-14,19-20H2,(H,30,34)(H,31,33). The molecule has 35 heavy (non-hydrogen) atoms. The second kappa shape index (κ2) is 12.2. The van der Waals surface area contributed by atoms with Crippen LogP contribution in [0.25, 0.3) is 0 Å². The number of nitrogens with one attached hydrogen (secondary N) is 2. The Kier molecular flexibility index (Phi) is 8.52. The van der Waals surface area contributed by atoms with Crippen molar-refractivity contribution in [3.8, 4) is 5.75 Å². The van der Waals surface area contributed by atoms with Crippen molar-refractivity contribution in [1.82, 2.24) is 10.6 Å². The van der Waals surface area contributed by atoms with Crippen LogP contribution in [0.5, 0.6) is 5.75 Å². The van der Waals surface area contributed by atoms with Crippen LogP contribution in [0, 0.1) is 5.92 Å². The maximum atomic E-state index is 13.2. The molecule has 3 aromatic carbocycles. The topological polar surface area (TPSA) is 87.7 Å². The molecule has 1 aliphatic carbocycles. The van der Waals surface area contributed by atoms with Gasteiger partial charge in [0.2, 0.25) is 5.91 Å². The first-order valence-corrected chi connectivity index (χ1v) is 12.2. The van der Waals surface area contributed by atoms with Crippen molar-refractivity contribution in [3.05, 3.63) is 102 Å². The number of carbonyl (C=O) groups excluding carboxylic acids is 2. The molecule has 1 fully saturated rings. The fourth-order valence-electron chi connectivity index (χ4n) is 4.73. The van der Waals surface area contributed by atoms with Crippen molar-refractivity contribution in [1.29, 1.82) is 0 Å². The highest BCUT2D eigenvalue weighted by Gasteiger charge is 2.33. The molecule has 0 aliphatic heterocycles. The zero-order chi connectivity index (χ0) is 24.5. The van der Waals surface area contributed by atoms with Gasteiger partial charge in [0.05, 0.1) is 12.6 Å². The molecule has 4 rings (SSSR count). The first-order valence-electron chi connectivity index (χ1n) is 12.2. The Balaban J connectivity index is 1.36. The van der Waals surface area contributed by atoms with Crippen LogP contribution in [-0.2, 0) is 11.3 Å².